The van der Waals surface area contributed by atoms with Crippen molar-refractivity contribution in [1.82, 2.24) is 4.98 Å². The molecule has 1 fully saturated rings. The van der Waals surface area contributed by atoms with Gasteiger partial charge in [0, 0.05) is 12.3 Å². The number of nitrogens with zero attached hydrogens (tertiary/aromatic N) is 1. The first-order chi connectivity index (χ1) is 10.2. The van der Waals surface area contributed by atoms with Crippen LogP contribution in [0.2, 0.25) is 0 Å². The molecule has 1 amide bonds. The summed E-state index contributed by atoms with van der Waals surface area (Å²) in [5.41, 5.74) is 7.28. The number of carbonyl (C=O) groups is 1. The van der Waals surface area contributed by atoms with E-state index in [9.17, 15) is 4.79 Å². The SMILES string of the molecule is Nc1ccc2nc(NC(=O)CCOCCC3CC3)sc2c1. The average molecular weight is 305 g/mol. The molecule has 1 heterocycles. The van der Waals surface area contributed by atoms with Crippen molar-refractivity contribution < 1.29 is 9.53 Å². The molecule has 1 aromatic heterocycles. The van der Waals surface area contributed by atoms with Crippen molar-refractivity contribution in [2.75, 3.05) is 24.3 Å². The molecule has 1 aliphatic rings. The van der Waals surface area contributed by atoms with E-state index < -0.39 is 0 Å². The van der Waals surface area contributed by atoms with E-state index in [-0.39, 0.29) is 5.91 Å². The van der Waals surface area contributed by atoms with Gasteiger partial charge >= 0.3 is 0 Å². The van der Waals surface area contributed by atoms with E-state index in [4.69, 9.17) is 10.5 Å². The third-order valence-corrected chi connectivity index (χ3v) is 4.43. The Balaban J connectivity index is 1.44. The van der Waals surface area contributed by atoms with Crippen LogP contribution in [0.25, 0.3) is 10.2 Å². The van der Waals surface area contributed by atoms with Gasteiger partial charge in [-0.15, -0.1) is 0 Å². The van der Waals surface area contributed by atoms with Crippen LogP contribution in [0.5, 0.6) is 0 Å². The van der Waals surface area contributed by atoms with Crippen LogP contribution in [0.3, 0.4) is 0 Å². The summed E-state index contributed by atoms with van der Waals surface area (Å²) in [5, 5.41) is 3.42. The molecule has 1 saturated carbocycles. The Kier molecular flexibility index (Phi) is 4.36. The zero-order chi connectivity index (χ0) is 14.7. The Morgan fingerprint density at radius 2 is 2.29 bits per heavy atom. The Morgan fingerprint density at radius 3 is 3.10 bits per heavy atom. The van der Waals surface area contributed by atoms with E-state index in [2.05, 4.69) is 10.3 Å². The van der Waals surface area contributed by atoms with Gasteiger partial charge in [-0.05, 0) is 30.5 Å². The monoisotopic (exact) mass is 305 g/mol. The molecular weight excluding hydrogens is 286 g/mol. The first-order valence-electron chi connectivity index (χ1n) is 7.24. The molecular formula is C15H19N3O2S. The molecule has 0 aliphatic heterocycles. The highest BCUT2D eigenvalue weighted by Gasteiger charge is 2.20. The third-order valence-electron chi connectivity index (χ3n) is 3.50. The molecule has 0 spiro atoms. The molecule has 21 heavy (non-hydrogen) atoms. The number of fused-ring (bicyclic) bond motifs is 1. The van der Waals surface area contributed by atoms with Crippen molar-refractivity contribution in [3.8, 4) is 0 Å². The van der Waals surface area contributed by atoms with Crippen LogP contribution in [-0.2, 0) is 9.53 Å². The number of nitrogens with one attached hydrogen (secondary N) is 1. The molecule has 112 valence electrons. The van der Waals surface area contributed by atoms with Crippen LogP contribution >= 0.6 is 11.3 Å². The van der Waals surface area contributed by atoms with E-state index in [0.717, 1.165) is 29.2 Å². The number of amides is 1. The van der Waals surface area contributed by atoms with Gasteiger partial charge in [0.25, 0.3) is 0 Å². The number of nitrogen functional groups attached to an aromatic ring is 1. The number of benzene rings is 1. The molecule has 1 aromatic carbocycles. The minimum Gasteiger partial charge on any atom is -0.399 e. The van der Waals surface area contributed by atoms with Gasteiger partial charge in [-0.2, -0.15) is 0 Å². The standard InChI is InChI=1S/C15H19N3O2S/c16-11-3-4-12-13(9-11)21-15(17-12)18-14(19)6-8-20-7-5-10-1-2-10/h3-4,9-10H,1-2,5-8,16H2,(H,17,18,19). The van der Waals surface area contributed by atoms with Gasteiger partial charge in [0.05, 0.1) is 23.2 Å². The van der Waals surface area contributed by atoms with Gasteiger partial charge in [0.1, 0.15) is 0 Å². The highest BCUT2D eigenvalue weighted by Crippen LogP contribution is 2.32. The van der Waals surface area contributed by atoms with Crippen molar-refractivity contribution in [2.24, 2.45) is 5.92 Å². The fourth-order valence-electron chi connectivity index (χ4n) is 2.10. The smallest absolute Gasteiger partial charge is 0.228 e. The second-order valence-electron chi connectivity index (χ2n) is 5.39. The normalized spacial score (nSPS) is 14.5. The van der Waals surface area contributed by atoms with Crippen LogP contribution in [-0.4, -0.2) is 24.1 Å². The minimum atomic E-state index is -0.0616. The molecule has 6 heteroatoms. The average Bonchev–Trinajstić information content (AvgIpc) is 3.18. The fraction of sp³-hybridized carbons (Fsp3) is 0.467. The lowest BCUT2D eigenvalue weighted by molar-refractivity contribution is -0.117. The number of carbonyl (C=O) groups excluding carboxylic acids is 1. The molecule has 0 unspecified atom stereocenters. The highest BCUT2D eigenvalue weighted by atomic mass is 32.1. The van der Waals surface area contributed by atoms with Crippen LogP contribution < -0.4 is 11.1 Å². The van der Waals surface area contributed by atoms with Gasteiger partial charge in [-0.3, -0.25) is 4.79 Å². The van der Waals surface area contributed by atoms with Gasteiger partial charge < -0.3 is 15.8 Å². The number of ether oxygens (including phenoxy) is 1. The number of hydrogen-bond donors (Lipinski definition) is 2. The molecule has 0 saturated heterocycles. The summed E-state index contributed by atoms with van der Waals surface area (Å²) >= 11 is 1.43. The second kappa shape index (κ2) is 6.41. The lowest BCUT2D eigenvalue weighted by Gasteiger charge is -2.03. The number of anilines is 2. The lowest BCUT2D eigenvalue weighted by atomic mass is 10.3. The molecule has 0 atom stereocenters. The topological polar surface area (TPSA) is 77.2 Å². The third kappa shape index (κ3) is 4.15. The largest absolute Gasteiger partial charge is 0.399 e. The second-order valence-corrected chi connectivity index (χ2v) is 6.42. The van der Waals surface area contributed by atoms with Crippen LogP contribution in [0.4, 0.5) is 10.8 Å². The minimum absolute atomic E-state index is 0.0616. The number of aromatic nitrogens is 1. The van der Waals surface area contributed by atoms with Crippen molar-refractivity contribution in [1.29, 1.82) is 0 Å². The predicted molar refractivity (Wildman–Crippen MR) is 85.4 cm³/mol. The molecule has 0 bridgehead atoms. The fourth-order valence-corrected chi connectivity index (χ4v) is 3.03. The van der Waals surface area contributed by atoms with Gasteiger partial charge in [0.15, 0.2) is 5.13 Å². The number of hydrogen-bond acceptors (Lipinski definition) is 5. The van der Waals surface area contributed by atoms with E-state index in [1.807, 2.05) is 12.1 Å². The lowest BCUT2D eigenvalue weighted by Crippen LogP contribution is -2.14. The summed E-state index contributed by atoms with van der Waals surface area (Å²) < 4.78 is 6.45. The van der Waals surface area contributed by atoms with Crippen LogP contribution in [0.15, 0.2) is 18.2 Å². The summed E-state index contributed by atoms with van der Waals surface area (Å²) in [6.45, 7) is 1.23. The van der Waals surface area contributed by atoms with E-state index in [1.54, 1.807) is 6.07 Å². The maximum absolute atomic E-state index is 11.8. The van der Waals surface area contributed by atoms with Crippen molar-refractivity contribution >= 4 is 38.3 Å². The van der Waals surface area contributed by atoms with Crippen molar-refractivity contribution in [2.45, 2.75) is 25.7 Å². The van der Waals surface area contributed by atoms with Crippen molar-refractivity contribution in [3.05, 3.63) is 18.2 Å². The first-order valence-corrected chi connectivity index (χ1v) is 8.06. The van der Waals surface area contributed by atoms with Gasteiger partial charge in [-0.25, -0.2) is 4.98 Å². The Bertz CT molecular complexity index is 637. The maximum atomic E-state index is 11.8. The Morgan fingerprint density at radius 1 is 1.43 bits per heavy atom. The molecule has 3 rings (SSSR count). The highest BCUT2D eigenvalue weighted by molar-refractivity contribution is 7.22. The molecule has 2 aromatic rings. The van der Waals surface area contributed by atoms with E-state index in [1.165, 1.54) is 24.2 Å². The number of rotatable bonds is 7. The summed E-state index contributed by atoms with van der Waals surface area (Å²) in [4.78, 5) is 16.2. The number of thiazole rings is 1. The molecule has 1 aliphatic carbocycles. The van der Waals surface area contributed by atoms with Crippen LogP contribution in [0.1, 0.15) is 25.7 Å². The Labute approximate surface area is 127 Å². The molecule has 3 N–H and O–H groups in total. The van der Waals surface area contributed by atoms with E-state index >= 15 is 0 Å². The van der Waals surface area contributed by atoms with Gasteiger partial charge in [0.2, 0.25) is 5.91 Å². The summed E-state index contributed by atoms with van der Waals surface area (Å²) in [5.74, 6) is 0.808. The maximum Gasteiger partial charge on any atom is 0.228 e. The van der Waals surface area contributed by atoms with E-state index in [0.29, 0.717) is 23.8 Å². The summed E-state index contributed by atoms with van der Waals surface area (Å²) in [7, 11) is 0. The zero-order valence-electron chi connectivity index (χ0n) is 11.8. The molecule has 0 radical (unpaired) electrons. The number of nitrogens with two attached hydrogens (primary N) is 1. The predicted octanol–water partition coefficient (Wildman–Crippen LogP) is 3.02. The zero-order valence-corrected chi connectivity index (χ0v) is 12.6. The van der Waals surface area contributed by atoms with Crippen molar-refractivity contribution in [3.63, 3.8) is 0 Å². The van der Waals surface area contributed by atoms with Crippen LogP contribution in [0, 0.1) is 5.92 Å². The summed E-state index contributed by atoms with van der Waals surface area (Å²) in [6.07, 6.45) is 4.17. The van der Waals surface area contributed by atoms with Gasteiger partial charge in [-0.1, -0.05) is 24.2 Å². The quantitative estimate of drug-likeness (QED) is 0.609. The first kappa shape index (κ1) is 14.3. The summed E-state index contributed by atoms with van der Waals surface area (Å²) in [6, 6.07) is 5.53. The molecule has 5 nitrogen and oxygen atoms in total. The Hall–Kier alpha value is -1.66.